The topological polar surface area (TPSA) is 118 Å². The number of anilines is 2. The molecule has 0 radical (unpaired) electrons. The third-order valence-corrected chi connectivity index (χ3v) is 9.14. The number of hydrogen-bond acceptors (Lipinski definition) is 10. The smallest absolute Gasteiger partial charge is 0.352 e. The molecular weight excluding hydrogens is 601 g/mol. The van der Waals surface area contributed by atoms with Crippen LogP contribution in [0.2, 0.25) is 0 Å². The molecule has 12 nitrogen and oxygen atoms in total. The van der Waals surface area contributed by atoms with E-state index in [1.54, 1.807) is 4.90 Å². The minimum absolute atomic E-state index is 0.0335. The Balaban J connectivity index is 1.43. The highest BCUT2D eigenvalue weighted by molar-refractivity contribution is 5.90. The predicted octanol–water partition coefficient (Wildman–Crippen LogP) is 2.06. The molecule has 0 spiro atoms. The highest BCUT2D eigenvalue weighted by Crippen LogP contribution is 2.36. The van der Waals surface area contributed by atoms with Gasteiger partial charge in [-0.2, -0.15) is 33.2 Å². The number of hydrogen-bond donors (Lipinski definition) is 0. The molecule has 15 heteroatoms. The van der Waals surface area contributed by atoms with Gasteiger partial charge in [0.2, 0.25) is 11.9 Å². The number of nitrogens with zero attached hydrogens (tertiary/aromatic N) is 10. The number of benzene rings is 1. The van der Waals surface area contributed by atoms with E-state index in [1.165, 1.54) is 37.4 Å². The molecule has 3 aliphatic rings. The number of piperazine rings is 2. The van der Waals surface area contributed by atoms with Gasteiger partial charge >= 0.3 is 6.18 Å². The molecule has 0 bridgehead atoms. The molecule has 1 atom stereocenters. The van der Waals surface area contributed by atoms with Crippen molar-refractivity contribution < 1.29 is 18.0 Å². The van der Waals surface area contributed by atoms with Crippen LogP contribution in [0.4, 0.5) is 24.9 Å². The molecule has 242 valence electrons. The third-order valence-electron chi connectivity index (χ3n) is 9.14. The molecule has 0 N–H and O–H groups in total. The molecule has 1 aromatic carbocycles. The van der Waals surface area contributed by atoms with Crippen LogP contribution in [0.5, 0.6) is 0 Å². The second-order valence-electron chi connectivity index (χ2n) is 12.0. The summed E-state index contributed by atoms with van der Waals surface area (Å²) in [6.07, 6.45) is -2.11. The van der Waals surface area contributed by atoms with Crippen molar-refractivity contribution >= 4 is 28.6 Å². The van der Waals surface area contributed by atoms with Crippen molar-refractivity contribution in [3.63, 3.8) is 0 Å². The highest BCUT2D eigenvalue weighted by atomic mass is 19.4. The van der Waals surface area contributed by atoms with E-state index < -0.39 is 23.3 Å². The van der Waals surface area contributed by atoms with Gasteiger partial charge in [-0.15, -0.1) is 0 Å². The molecule has 3 fully saturated rings. The van der Waals surface area contributed by atoms with Crippen LogP contribution in [0.25, 0.3) is 16.6 Å². The Morgan fingerprint density at radius 2 is 1.83 bits per heavy atom. The first-order valence-electron chi connectivity index (χ1n) is 15.2. The number of carbonyl (C=O) groups excluding carboxylic acids is 1. The molecule has 2 aromatic heterocycles. The maximum Gasteiger partial charge on any atom is 0.418 e. The summed E-state index contributed by atoms with van der Waals surface area (Å²) >= 11 is 0. The Kier molecular flexibility index (Phi) is 8.43. The number of alkyl halides is 3. The Labute approximate surface area is 263 Å². The second-order valence-corrected chi connectivity index (χ2v) is 12.0. The van der Waals surface area contributed by atoms with Gasteiger partial charge in [0.15, 0.2) is 0 Å². The standard InChI is InChI=1S/C31H35F3N10O2/c1-4-25(45)43-15-14-41(17-21(43)8-9-35)28-23-16-36-44(24-7-5-6-20(2)26(24)31(32,33)34)29(46)27(23)37-30(38-28)42-18-22(19-42)40-12-10-39(3)11-13-40/h4-7,16,21-22H,1,8,10-15,17-19H2,2-3H3. The fraction of sp³-hybridized carbons (Fsp3) is 0.484. The summed E-state index contributed by atoms with van der Waals surface area (Å²) in [5.74, 6) is 0.394. The first kappa shape index (κ1) is 31.4. The van der Waals surface area contributed by atoms with Crippen LogP contribution in [0.3, 0.4) is 0 Å². The fourth-order valence-corrected chi connectivity index (χ4v) is 6.52. The van der Waals surface area contributed by atoms with Crippen molar-refractivity contribution in [3.8, 4) is 11.8 Å². The van der Waals surface area contributed by atoms with Gasteiger partial charge in [-0.1, -0.05) is 18.7 Å². The van der Waals surface area contributed by atoms with Crippen molar-refractivity contribution in [3.05, 3.63) is 58.5 Å². The van der Waals surface area contributed by atoms with Crippen LogP contribution in [-0.2, 0) is 11.0 Å². The summed E-state index contributed by atoms with van der Waals surface area (Å²) in [6, 6.07) is 5.98. The minimum Gasteiger partial charge on any atom is -0.352 e. The molecule has 3 aromatic rings. The summed E-state index contributed by atoms with van der Waals surface area (Å²) in [5, 5.41) is 14.0. The lowest BCUT2D eigenvalue weighted by Gasteiger charge is -2.48. The zero-order chi connectivity index (χ0) is 32.7. The number of aromatic nitrogens is 4. The van der Waals surface area contributed by atoms with Crippen LogP contribution in [0.15, 0.2) is 41.8 Å². The van der Waals surface area contributed by atoms with Gasteiger partial charge in [0.25, 0.3) is 5.56 Å². The van der Waals surface area contributed by atoms with E-state index in [0.29, 0.717) is 37.4 Å². The Bertz CT molecular complexity index is 1760. The summed E-state index contributed by atoms with van der Waals surface area (Å²) in [5.41, 5.74) is -2.23. The molecule has 3 aliphatic heterocycles. The lowest BCUT2D eigenvalue weighted by Crippen LogP contribution is -2.63. The van der Waals surface area contributed by atoms with Crippen molar-refractivity contribution in [2.45, 2.75) is 31.6 Å². The highest BCUT2D eigenvalue weighted by Gasteiger charge is 2.38. The number of fused-ring (bicyclic) bond motifs is 1. The summed E-state index contributed by atoms with van der Waals surface area (Å²) < 4.78 is 43.2. The summed E-state index contributed by atoms with van der Waals surface area (Å²) in [7, 11) is 2.10. The lowest BCUT2D eigenvalue weighted by atomic mass is 10.1. The Morgan fingerprint density at radius 1 is 1.09 bits per heavy atom. The minimum atomic E-state index is -4.72. The molecule has 1 unspecified atom stereocenters. The van der Waals surface area contributed by atoms with Crippen molar-refractivity contribution in [2.24, 2.45) is 0 Å². The van der Waals surface area contributed by atoms with Crippen molar-refractivity contribution in [2.75, 3.05) is 75.8 Å². The number of carbonyl (C=O) groups is 1. The number of likely N-dealkylation sites (N-methyl/N-ethyl adjacent to an activating group) is 1. The third kappa shape index (κ3) is 5.78. The number of aryl methyl sites for hydroxylation is 1. The lowest BCUT2D eigenvalue weighted by molar-refractivity contribution is -0.138. The van der Waals surface area contributed by atoms with Gasteiger partial charge in [-0.05, 0) is 31.7 Å². The van der Waals surface area contributed by atoms with Gasteiger partial charge < -0.3 is 19.6 Å². The first-order valence-corrected chi connectivity index (χ1v) is 15.2. The average molecular weight is 637 g/mol. The van der Waals surface area contributed by atoms with Gasteiger partial charge in [0, 0.05) is 64.9 Å². The van der Waals surface area contributed by atoms with E-state index in [0.717, 1.165) is 30.9 Å². The summed E-state index contributed by atoms with van der Waals surface area (Å²) in [6.45, 7) is 10.9. The van der Waals surface area contributed by atoms with Crippen LogP contribution in [0, 0.1) is 18.3 Å². The van der Waals surface area contributed by atoms with E-state index in [1.807, 2.05) is 9.80 Å². The molecule has 3 saturated heterocycles. The molecule has 0 saturated carbocycles. The van der Waals surface area contributed by atoms with E-state index in [2.05, 4.69) is 39.6 Å². The van der Waals surface area contributed by atoms with Gasteiger partial charge in [-0.25, -0.2) is 4.98 Å². The van der Waals surface area contributed by atoms with E-state index >= 15 is 0 Å². The van der Waals surface area contributed by atoms with E-state index in [4.69, 9.17) is 4.98 Å². The van der Waals surface area contributed by atoms with Crippen molar-refractivity contribution in [1.82, 2.24) is 34.4 Å². The summed E-state index contributed by atoms with van der Waals surface area (Å²) in [4.78, 5) is 46.2. The van der Waals surface area contributed by atoms with Gasteiger partial charge in [0.05, 0.1) is 41.4 Å². The van der Waals surface area contributed by atoms with Crippen LogP contribution in [0.1, 0.15) is 17.5 Å². The quantitative estimate of drug-likeness (QED) is 0.372. The molecule has 0 aliphatic carbocycles. The van der Waals surface area contributed by atoms with E-state index in [9.17, 15) is 28.0 Å². The SMILES string of the molecule is C=CC(=O)N1CCN(c2nc(N3CC(N4CCN(C)CC4)C3)nc3c(=O)n(-c4cccc(C)c4C(F)(F)F)ncc23)CC1CC#N. The molecular formula is C31H35F3N10O2. The first-order chi connectivity index (χ1) is 22.0. The zero-order valence-corrected chi connectivity index (χ0v) is 25.7. The van der Waals surface area contributed by atoms with Gasteiger partial charge in [0.1, 0.15) is 11.3 Å². The number of nitriles is 1. The van der Waals surface area contributed by atoms with Crippen LogP contribution in [-0.4, -0.2) is 118 Å². The zero-order valence-electron chi connectivity index (χ0n) is 25.7. The fourth-order valence-electron chi connectivity index (χ4n) is 6.52. The average Bonchev–Trinajstić information content (AvgIpc) is 3.00. The van der Waals surface area contributed by atoms with Crippen molar-refractivity contribution in [1.29, 1.82) is 5.26 Å². The van der Waals surface area contributed by atoms with E-state index in [-0.39, 0.29) is 47.6 Å². The molecule has 46 heavy (non-hydrogen) atoms. The number of amides is 1. The monoisotopic (exact) mass is 636 g/mol. The molecule has 6 rings (SSSR count). The normalized spacial score (nSPS) is 20.1. The second kappa shape index (κ2) is 12.3. The molecule has 5 heterocycles. The maximum atomic E-state index is 14.2. The molecule has 1 amide bonds. The number of rotatable bonds is 6. The number of halogens is 3. The van der Waals surface area contributed by atoms with Crippen LogP contribution < -0.4 is 15.4 Å². The van der Waals surface area contributed by atoms with Crippen LogP contribution >= 0.6 is 0 Å². The van der Waals surface area contributed by atoms with Gasteiger partial charge in [-0.3, -0.25) is 14.5 Å². The maximum absolute atomic E-state index is 14.2. The predicted molar refractivity (Wildman–Crippen MR) is 166 cm³/mol. The largest absolute Gasteiger partial charge is 0.418 e. The Hall–Kier alpha value is -4.55. The Morgan fingerprint density at radius 3 is 2.50 bits per heavy atom.